The average Bonchev–Trinajstić information content (AvgIpc) is 3.24. The summed E-state index contributed by atoms with van der Waals surface area (Å²) in [5.41, 5.74) is 1.90. The standard InChI is InChI=1S/C24H27F3N6O.CH4/c1-5-32-20-11-28-21(30-23(20)33(14(2)3)15(4)24(32)34)7-6-16-10-29-31(12-16)13-17-8-18(25)22(27)19(26)9-17;/h8-12,14-15H,5-7,13H2,1-4H3;1H4/t15-;/m1./s1. The molecule has 1 aliphatic rings. The Morgan fingerprint density at radius 3 is 2.37 bits per heavy atom. The highest BCUT2D eigenvalue weighted by molar-refractivity contribution is 6.04. The number of carbonyl (C=O) groups excluding carboxylic acids is 1. The van der Waals surface area contributed by atoms with Gasteiger partial charge in [0.2, 0.25) is 5.91 Å². The van der Waals surface area contributed by atoms with Gasteiger partial charge in [0, 0.05) is 25.2 Å². The Balaban J connectivity index is 0.00000342. The van der Waals surface area contributed by atoms with Gasteiger partial charge in [0.25, 0.3) is 0 Å². The molecule has 0 bridgehead atoms. The van der Waals surface area contributed by atoms with Gasteiger partial charge in [-0.15, -0.1) is 0 Å². The van der Waals surface area contributed by atoms with Gasteiger partial charge in [-0.3, -0.25) is 9.48 Å². The second-order valence-corrected chi connectivity index (χ2v) is 8.67. The van der Waals surface area contributed by atoms with Gasteiger partial charge in [0.15, 0.2) is 23.3 Å². The van der Waals surface area contributed by atoms with Crippen LogP contribution < -0.4 is 9.80 Å². The highest BCUT2D eigenvalue weighted by Crippen LogP contribution is 2.35. The fourth-order valence-corrected chi connectivity index (χ4v) is 4.33. The summed E-state index contributed by atoms with van der Waals surface area (Å²) >= 11 is 0. The number of amides is 1. The van der Waals surface area contributed by atoms with E-state index in [9.17, 15) is 18.0 Å². The summed E-state index contributed by atoms with van der Waals surface area (Å²) in [7, 11) is 0. The monoisotopic (exact) mass is 488 g/mol. The maximum atomic E-state index is 13.5. The first-order valence-electron chi connectivity index (χ1n) is 11.3. The number of rotatable bonds is 7. The Kier molecular flexibility index (Phi) is 7.82. The first-order valence-corrected chi connectivity index (χ1v) is 11.3. The number of aromatic nitrogens is 4. The third-order valence-electron chi connectivity index (χ3n) is 5.96. The number of hydrogen-bond acceptors (Lipinski definition) is 5. The van der Waals surface area contributed by atoms with Crippen molar-refractivity contribution in [3.63, 3.8) is 0 Å². The summed E-state index contributed by atoms with van der Waals surface area (Å²) in [4.78, 5) is 25.8. The lowest BCUT2D eigenvalue weighted by Crippen LogP contribution is -2.54. The molecular formula is C25H31F3N6O. The number of likely N-dealkylation sites (N-methyl/N-ethyl adjacent to an activating group) is 1. The maximum Gasteiger partial charge on any atom is 0.249 e. The van der Waals surface area contributed by atoms with Gasteiger partial charge in [-0.2, -0.15) is 5.10 Å². The van der Waals surface area contributed by atoms with Gasteiger partial charge in [-0.25, -0.2) is 23.1 Å². The number of anilines is 2. The topological polar surface area (TPSA) is 67.2 Å². The summed E-state index contributed by atoms with van der Waals surface area (Å²) in [6, 6.07) is 1.72. The molecule has 0 spiro atoms. The first kappa shape index (κ1) is 26.2. The maximum absolute atomic E-state index is 13.5. The van der Waals surface area contributed by atoms with Gasteiger partial charge in [0.05, 0.1) is 18.9 Å². The number of fused-ring (bicyclic) bond motifs is 1. The van der Waals surface area contributed by atoms with Gasteiger partial charge < -0.3 is 9.80 Å². The zero-order valence-corrected chi connectivity index (χ0v) is 19.6. The zero-order chi connectivity index (χ0) is 24.6. The van der Waals surface area contributed by atoms with Crippen LogP contribution in [0.25, 0.3) is 0 Å². The predicted octanol–water partition coefficient (Wildman–Crippen LogP) is 4.53. The number of halogens is 3. The second-order valence-electron chi connectivity index (χ2n) is 8.67. The minimum Gasteiger partial charge on any atom is -0.341 e. The van der Waals surface area contributed by atoms with E-state index in [1.807, 2.05) is 32.6 Å². The molecule has 0 aliphatic carbocycles. The number of benzene rings is 1. The van der Waals surface area contributed by atoms with Gasteiger partial charge in [-0.05, 0) is 57.4 Å². The van der Waals surface area contributed by atoms with Crippen molar-refractivity contribution in [3.8, 4) is 0 Å². The van der Waals surface area contributed by atoms with Crippen LogP contribution in [0.5, 0.6) is 0 Å². The van der Waals surface area contributed by atoms with Crippen molar-refractivity contribution in [2.45, 2.75) is 66.6 Å². The molecule has 0 saturated carbocycles. The van der Waals surface area contributed by atoms with Crippen LogP contribution in [0, 0.1) is 17.5 Å². The predicted molar refractivity (Wildman–Crippen MR) is 129 cm³/mol. The summed E-state index contributed by atoms with van der Waals surface area (Å²) < 4.78 is 41.6. The molecule has 0 N–H and O–H groups in total. The number of carbonyl (C=O) groups is 1. The Labute approximate surface area is 203 Å². The van der Waals surface area contributed by atoms with Crippen molar-refractivity contribution in [3.05, 3.63) is 65.1 Å². The van der Waals surface area contributed by atoms with E-state index in [0.717, 1.165) is 29.2 Å². The average molecular weight is 489 g/mol. The van der Waals surface area contributed by atoms with Crippen molar-refractivity contribution in [1.29, 1.82) is 0 Å². The van der Waals surface area contributed by atoms with E-state index in [1.165, 1.54) is 0 Å². The molecule has 10 heteroatoms. The molecule has 2 aromatic heterocycles. The largest absolute Gasteiger partial charge is 0.341 e. The van der Waals surface area contributed by atoms with Crippen molar-refractivity contribution in [2.24, 2.45) is 0 Å². The van der Waals surface area contributed by atoms with Crippen molar-refractivity contribution < 1.29 is 18.0 Å². The van der Waals surface area contributed by atoms with Crippen LogP contribution in [0.15, 0.2) is 30.7 Å². The Morgan fingerprint density at radius 1 is 1.06 bits per heavy atom. The van der Waals surface area contributed by atoms with Crippen LogP contribution in [0.4, 0.5) is 24.7 Å². The van der Waals surface area contributed by atoms with Crippen molar-refractivity contribution in [1.82, 2.24) is 19.7 Å². The second kappa shape index (κ2) is 10.5. The zero-order valence-electron chi connectivity index (χ0n) is 19.6. The normalized spacial score (nSPS) is 15.4. The summed E-state index contributed by atoms with van der Waals surface area (Å²) in [6.07, 6.45) is 6.32. The molecule has 3 heterocycles. The molecule has 0 radical (unpaired) electrons. The van der Waals surface area contributed by atoms with E-state index >= 15 is 0 Å². The number of nitrogens with zero attached hydrogens (tertiary/aromatic N) is 6. The molecule has 188 valence electrons. The van der Waals surface area contributed by atoms with E-state index in [1.54, 1.807) is 28.2 Å². The van der Waals surface area contributed by atoms with Crippen LogP contribution in [0.1, 0.15) is 52.1 Å². The minimum atomic E-state index is -1.48. The van der Waals surface area contributed by atoms with Gasteiger partial charge in [0.1, 0.15) is 17.6 Å². The molecule has 0 fully saturated rings. The molecule has 1 atom stereocenters. The molecule has 0 unspecified atom stereocenters. The third-order valence-corrected chi connectivity index (χ3v) is 5.96. The van der Waals surface area contributed by atoms with E-state index < -0.39 is 17.5 Å². The van der Waals surface area contributed by atoms with Crippen molar-refractivity contribution in [2.75, 3.05) is 16.3 Å². The highest BCUT2D eigenvalue weighted by Gasteiger charge is 2.37. The summed E-state index contributed by atoms with van der Waals surface area (Å²) in [5, 5.41) is 4.24. The Morgan fingerprint density at radius 2 is 1.74 bits per heavy atom. The van der Waals surface area contributed by atoms with Gasteiger partial charge >= 0.3 is 0 Å². The molecule has 0 saturated heterocycles. The SMILES string of the molecule is C.CCN1C(=O)[C@@H](C)N(C(C)C)c2nc(CCc3cnn(Cc4cc(F)c(F)c(F)c4)c3)ncc21. The number of hydrogen-bond donors (Lipinski definition) is 0. The molecule has 1 aromatic carbocycles. The van der Waals surface area contributed by atoms with E-state index in [4.69, 9.17) is 4.98 Å². The number of aryl methyl sites for hydroxylation is 2. The Bertz CT molecular complexity index is 1190. The third kappa shape index (κ3) is 5.16. The fourth-order valence-electron chi connectivity index (χ4n) is 4.33. The molecule has 35 heavy (non-hydrogen) atoms. The highest BCUT2D eigenvalue weighted by atomic mass is 19.2. The van der Waals surface area contributed by atoms with E-state index in [-0.39, 0.29) is 37.5 Å². The van der Waals surface area contributed by atoms with Crippen molar-refractivity contribution >= 4 is 17.4 Å². The fraction of sp³-hybridized carbons (Fsp3) is 0.440. The lowest BCUT2D eigenvalue weighted by Gasteiger charge is -2.42. The van der Waals surface area contributed by atoms with Crippen LogP contribution in [0.3, 0.4) is 0 Å². The summed E-state index contributed by atoms with van der Waals surface area (Å²) in [5.74, 6) is -2.48. The van der Waals surface area contributed by atoms with E-state index in [2.05, 4.69) is 10.1 Å². The quantitative estimate of drug-likeness (QED) is 0.457. The smallest absolute Gasteiger partial charge is 0.249 e. The molecule has 7 nitrogen and oxygen atoms in total. The van der Waals surface area contributed by atoms with Crippen LogP contribution >= 0.6 is 0 Å². The molecule has 4 rings (SSSR count). The van der Waals surface area contributed by atoms with E-state index in [0.29, 0.717) is 25.2 Å². The van der Waals surface area contributed by atoms with Gasteiger partial charge in [-0.1, -0.05) is 7.43 Å². The van der Waals surface area contributed by atoms with Crippen LogP contribution in [0.2, 0.25) is 0 Å². The lowest BCUT2D eigenvalue weighted by atomic mass is 10.1. The van der Waals surface area contributed by atoms with Crippen LogP contribution in [-0.4, -0.2) is 44.3 Å². The first-order chi connectivity index (χ1) is 16.2. The van der Waals surface area contributed by atoms with Crippen LogP contribution in [-0.2, 0) is 24.2 Å². The lowest BCUT2D eigenvalue weighted by molar-refractivity contribution is -0.120. The summed E-state index contributed by atoms with van der Waals surface area (Å²) in [6.45, 7) is 8.55. The molecule has 1 aliphatic heterocycles. The molecular weight excluding hydrogens is 457 g/mol. The molecule has 3 aromatic rings. The molecule has 1 amide bonds. The minimum absolute atomic E-state index is 0. The Hall–Kier alpha value is -3.43.